The van der Waals surface area contributed by atoms with Gasteiger partial charge in [0.2, 0.25) is 5.91 Å². The van der Waals surface area contributed by atoms with E-state index in [4.69, 9.17) is 4.74 Å². The summed E-state index contributed by atoms with van der Waals surface area (Å²) in [6.45, 7) is 11.3. The van der Waals surface area contributed by atoms with Gasteiger partial charge in [-0.1, -0.05) is 19.6 Å². The SMILES string of the molecule is C=CNCC(CC)c1ccc2c(c1)N(C(=O)C1CCCO1)C[C@H](C)N2C(C)=O. The zero-order chi connectivity index (χ0) is 20.3. The highest BCUT2D eigenvalue weighted by atomic mass is 16.5. The number of hydrogen-bond acceptors (Lipinski definition) is 4. The summed E-state index contributed by atoms with van der Waals surface area (Å²) in [7, 11) is 0. The summed E-state index contributed by atoms with van der Waals surface area (Å²) in [4.78, 5) is 29.1. The van der Waals surface area contributed by atoms with Gasteiger partial charge in [-0.05, 0) is 50.1 Å². The smallest absolute Gasteiger partial charge is 0.256 e. The van der Waals surface area contributed by atoms with Crippen LogP contribution in [0.2, 0.25) is 0 Å². The Morgan fingerprint density at radius 3 is 2.79 bits per heavy atom. The molecule has 0 bridgehead atoms. The number of benzene rings is 1. The van der Waals surface area contributed by atoms with Crippen LogP contribution in [0.3, 0.4) is 0 Å². The van der Waals surface area contributed by atoms with E-state index in [1.807, 2.05) is 17.9 Å². The first-order valence-electron chi connectivity index (χ1n) is 10.2. The number of anilines is 2. The standard InChI is InChI=1S/C22H31N3O3/c1-5-17(13-23-6-2)18-9-10-19-20(12-18)24(14-15(3)25(19)16(4)26)22(27)21-8-7-11-28-21/h6,9-10,12,15,17,21,23H,2,5,7-8,11,13-14H2,1,3-4H3/t15-,17?,21?/m0/s1. The van der Waals surface area contributed by atoms with Crippen molar-refractivity contribution in [2.75, 3.05) is 29.5 Å². The van der Waals surface area contributed by atoms with Gasteiger partial charge in [-0.2, -0.15) is 0 Å². The largest absolute Gasteiger partial charge is 0.391 e. The number of ether oxygens (including phenoxy) is 1. The molecule has 1 saturated heterocycles. The van der Waals surface area contributed by atoms with Crippen molar-refractivity contribution in [2.24, 2.45) is 0 Å². The molecule has 1 fully saturated rings. The van der Waals surface area contributed by atoms with Gasteiger partial charge in [-0.3, -0.25) is 9.59 Å². The van der Waals surface area contributed by atoms with Crippen LogP contribution in [0.15, 0.2) is 31.0 Å². The van der Waals surface area contributed by atoms with Crippen LogP contribution in [0.1, 0.15) is 51.5 Å². The van der Waals surface area contributed by atoms with E-state index in [-0.39, 0.29) is 24.0 Å². The van der Waals surface area contributed by atoms with Crippen molar-refractivity contribution >= 4 is 23.2 Å². The molecule has 0 spiro atoms. The monoisotopic (exact) mass is 385 g/mol. The molecule has 2 aliphatic rings. The number of amides is 2. The maximum atomic E-state index is 13.2. The average molecular weight is 386 g/mol. The second kappa shape index (κ2) is 8.78. The molecular formula is C22H31N3O3. The molecule has 0 radical (unpaired) electrons. The maximum absolute atomic E-state index is 13.2. The highest BCUT2D eigenvalue weighted by molar-refractivity contribution is 6.05. The summed E-state index contributed by atoms with van der Waals surface area (Å²) in [6.07, 6.45) is 3.96. The van der Waals surface area contributed by atoms with E-state index in [0.717, 1.165) is 42.7 Å². The molecule has 6 heteroatoms. The van der Waals surface area contributed by atoms with Crippen LogP contribution in [0.4, 0.5) is 11.4 Å². The summed E-state index contributed by atoms with van der Waals surface area (Å²) in [5, 5.41) is 3.19. The fraction of sp³-hybridized carbons (Fsp3) is 0.545. The van der Waals surface area contributed by atoms with Gasteiger partial charge in [0.15, 0.2) is 0 Å². The number of carbonyl (C=O) groups excluding carboxylic acids is 2. The maximum Gasteiger partial charge on any atom is 0.256 e. The first kappa shape index (κ1) is 20.4. The van der Waals surface area contributed by atoms with E-state index >= 15 is 0 Å². The Balaban J connectivity index is 2.01. The minimum absolute atomic E-state index is 0.00298. The molecule has 3 atom stereocenters. The van der Waals surface area contributed by atoms with Gasteiger partial charge >= 0.3 is 0 Å². The fourth-order valence-electron chi connectivity index (χ4n) is 4.25. The molecule has 152 valence electrons. The Bertz CT molecular complexity index is 743. The molecule has 6 nitrogen and oxygen atoms in total. The first-order valence-corrected chi connectivity index (χ1v) is 10.2. The van der Waals surface area contributed by atoms with E-state index in [2.05, 4.69) is 31.0 Å². The molecule has 2 aliphatic heterocycles. The number of carbonyl (C=O) groups is 2. The lowest BCUT2D eigenvalue weighted by Gasteiger charge is -2.41. The quantitative estimate of drug-likeness (QED) is 0.817. The number of hydrogen-bond donors (Lipinski definition) is 1. The minimum atomic E-state index is -0.378. The van der Waals surface area contributed by atoms with Gasteiger partial charge in [-0.25, -0.2) is 0 Å². The topological polar surface area (TPSA) is 61.9 Å². The Morgan fingerprint density at radius 2 is 2.18 bits per heavy atom. The zero-order valence-corrected chi connectivity index (χ0v) is 17.1. The summed E-state index contributed by atoms with van der Waals surface area (Å²) in [6, 6.07) is 6.04. The highest BCUT2D eigenvalue weighted by Crippen LogP contribution is 2.39. The van der Waals surface area contributed by atoms with Crippen molar-refractivity contribution in [2.45, 2.75) is 58.1 Å². The van der Waals surface area contributed by atoms with Crippen molar-refractivity contribution in [3.63, 3.8) is 0 Å². The van der Waals surface area contributed by atoms with Gasteiger partial charge in [0.25, 0.3) is 5.91 Å². The van der Waals surface area contributed by atoms with Gasteiger partial charge < -0.3 is 19.9 Å². The summed E-state index contributed by atoms with van der Waals surface area (Å²) < 4.78 is 5.65. The van der Waals surface area contributed by atoms with Crippen molar-refractivity contribution in [3.05, 3.63) is 36.5 Å². The van der Waals surface area contributed by atoms with Crippen LogP contribution < -0.4 is 15.1 Å². The van der Waals surface area contributed by atoms with Gasteiger partial charge in [-0.15, -0.1) is 0 Å². The number of rotatable bonds is 6. The van der Waals surface area contributed by atoms with E-state index in [9.17, 15) is 9.59 Å². The minimum Gasteiger partial charge on any atom is -0.391 e. The Labute approximate surface area is 167 Å². The molecule has 28 heavy (non-hydrogen) atoms. The summed E-state index contributed by atoms with van der Waals surface area (Å²) in [5.74, 6) is 0.294. The number of nitrogens with zero attached hydrogens (tertiary/aromatic N) is 2. The molecular weight excluding hydrogens is 354 g/mol. The van der Waals surface area contributed by atoms with Crippen molar-refractivity contribution in [1.29, 1.82) is 0 Å². The van der Waals surface area contributed by atoms with Gasteiger partial charge in [0, 0.05) is 32.5 Å². The van der Waals surface area contributed by atoms with Crippen LogP contribution in [0.5, 0.6) is 0 Å². The second-order valence-electron chi connectivity index (χ2n) is 7.65. The van der Waals surface area contributed by atoms with Crippen LogP contribution in [-0.4, -0.2) is 43.7 Å². The summed E-state index contributed by atoms with van der Waals surface area (Å²) in [5.41, 5.74) is 2.76. The third-order valence-electron chi connectivity index (χ3n) is 5.72. The molecule has 0 aromatic heterocycles. The van der Waals surface area contributed by atoms with Gasteiger partial charge in [0.05, 0.1) is 17.4 Å². The van der Waals surface area contributed by atoms with Crippen LogP contribution >= 0.6 is 0 Å². The summed E-state index contributed by atoms with van der Waals surface area (Å²) >= 11 is 0. The predicted octanol–water partition coefficient (Wildman–Crippen LogP) is 3.18. The third kappa shape index (κ3) is 3.92. The van der Waals surface area contributed by atoms with Crippen LogP contribution in [0.25, 0.3) is 0 Å². The Morgan fingerprint density at radius 1 is 1.39 bits per heavy atom. The molecule has 2 heterocycles. The first-order chi connectivity index (χ1) is 13.5. The third-order valence-corrected chi connectivity index (χ3v) is 5.72. The molecule has 2 unspecified atom stereocenters. The molecule has 1 aromatic rings. The van der Waals surface area contributed by atoms with E-state index in [0.29, 0.717) is 19.1 Å². The van der Waals surface area contributed by atoms with E-state index in [1.54, 1.807) is 18.0 Å². The van der Waals surface area contributed by atoms with Crippen molar-refractivity contribution in [3.8, 4) is 0 Å². The zero-order valence-electron chi connectivity index (χ0n) is 17.1. The Hall–Kier alpha value is -2.34. The van der Waals surface area contributed by atoms with Crippen LogP contribution in [0, 0.1) is 0 Å². The lowest BCUT2D eigenvalue weighted by atomic mass is 9.93. The second-order valence-corrected chi connectivity index (χ2v) is 7.65. The average Bonchev–Trinajstić information content (AvgIpc) is 3.22. The normalized spacial score (nSPS) is 22.5. The Kier molecular flexibility index (Phi) is 6.39. The lowest BCUT2D eigenvalue weighted by molar-refractivity contribution is -0.127. The van der Waals surface area contributed by atoms with Crippen molar-refractivity contribution in [1.82, 2.24) is 5.32 Å². The predicted molar refractivity (Wildman–Crippen MR) is 112 cm³/mol. The van der Waals surface area contributed by atoms with Crippen LogP contribution in [-0.2, 0) is 14.3 Å². The van der Waals surface area contributed by atoms with E-state index in [1.165, 1.54) is 0 Å². The number of nitrogens with one attached hydrogen (secondary N) is 1. The molecule has 1 aromatic carbocycles. The fourth-order valence-corrected chi connectivity index (χ4v) is 4.25. The molecule has 0 aliphatic carbocycles. The molecule has 0 saturated carbocycles. The lowest BCUT2D eigenvalue weighted by Crippen LogP contribution is -2.53. The number of fused-ring (bicyclic) bond motifs is 1. The van der Waals surface area contributed by atoms with Gasteiger partial charge in [0.1, 0.15) is 6.10 Å². The molecule has 2 amide bonds. The van der Waals surface area contributed by atoms with Crippen molar-refractivity contribution < 1.29 is 14.3 Å². The molecule has 1 N–H and O–H groups in total. The molecule has 3 rings (SSSR count). The van der Waals surface area contributed by atoms with E-state index < -0.39 is 0 Å². The highest BCUT2D eigenvalue weighted by Gasteiger charge is 2.37.